The van der Waals surface area contributed by atoms with E-state index in [2.05, 4.69) is 4.72 Å². The molecular formula is C14H21N3O2S. The van der Waals surface area contributed by atoms with E-state index >= 15 is 0 Å². The van der Waals surface area contributed by atoms with Gasteiger partial charge in [0.05, 0.1) is 16.5 Å². The summed E-state index contributed by atoms with van der Waals surface area (Å²) in [5.41, 5.74) is 6.47. The van der Waals surface area contributed by atoms with Gasteiger partial charge in [-0.2, -0.15) is 5.26 Å². The summed E-state index contributed by atoms with van der Waals surface area (Å²) in [6, 6.07) is 6.55. The monoisotopic (exact) mass is 295 g/mol. The molecule has 0 aliphatic rings. The van der Waals surface area contributed by atoms with Crippen LogP contribution in [0.1, 0.15) is 37.8 Å². The molecular weight excluding hydrogens is 274 g/mol. The lowest BCUT2D eigenvalue weighted by atomic mass is 9.95. The van der Waals surface area contributed by atoms with Crippen molar-refractivity contribution < 1.29 is 8.42 Å². The molecule has 0 fully saturated rings. The van der Waals surface area contributed by atoms with Crippen LogP contribution < -0.4 is 10.5 Å². The van der Waals surface area contributed by atoms with Gasteiger partial charge in [-0.25, -0.2) is 13.1 Å². The van der Waals surface area contributed by atoms with E-state index in [1.165, 1.54) is 6.07 Å². The molecule has 0 aliphatic heterocycles. The third-order valence-corrected chi connectivity index (χ3v) is 5.17. The number of rotatable bonds is 6. The van der Waals surface area contributed by atoms with Crippen molar-refractivity contribution in [2.24, 2.45) is 5.73 Å². The molecule has 0 bridgehead atoms. The topological polar surface area (TPSA) is 96.0 Å². The summed E-state index contributed by atoms with van der Waals surface area (Å²) in [6.45, 7) is 5.74. The number of hydrogen-bond donors (Lipinski definition) is 2. The molecule has 1 rings (SSSR count). The largest absolute Gasteiger partial charge is 0.324 e. The molecule has 0 aliphatic carbocycles. The van der Waals surface area contributed by atoms with Gasteiger partial charge in [-0.1, -0.05) is 19.9 Å². The van der Waals surface area contributed by atoms with E-state index in [0.29, 0.717) is 24.0 Å². The van der Waals surface area contributed by atoms with Crippen molar-refractivity contribution >= 4 is 10.0 Å². The van der Waals surface area contributed by atoms with Gasteiger partial charge >= 0.3 is 0 Å². The molecule has 6 heteroatoms. The van der Waals surface area contributed by atoms with Gasteiger partial charge in [0.15, 0.2) is 0 Å². The Morgan fingerprint density at radius 2 is 1.95 bits per heavy atom. The van der Waals surface area contributed by atoms with E-state index in [1.54, 1.807) is 19.1 Å². The second-order valence-electron chi connectivity index (χ2n) is 4.99. The van der Waals surface area contributed by atoms with Crippen LogP contribution in [-0.4, -0.2) is 20.5 Å². The lowest BCUT2D eigenvalue weighted by Gasteiger charge is -2.26. The minimum absolute atomic E-state index is 0.131. The molecule has 0 saturated heterocycles. The number of aryl methyl sites for hydroxylation is 1. The molecule has 1 aromatic rings. The van der Waals surface area contributed by atoms with Gasteiger partial charge in [0, 0.05) is 12.1 Å². The van der Waals surface area contributed by atoms with Gasteiger partial charge in [-0.05, 0) is 37.5 Å². The van der Waals surface area contributed by atoms with Crippen LogP contribution in [0.15, 0.2) is 23.1 Å². The third kappa shape index (κ3) is 3.79. The highest BCUT2D eigenvalue weighted by molar-refractivity contribution is 7.89. The highest BCUT2D eigenvalue weighted by Gasteiger charge is 2.25. The molecule has 20 heavy (non-hydrogen) atoms. The van der Waals surface area contributed by atoms with Crippen molar-refractivity contribution in [1.82, 2.24) is 4.72 Å². The van der Waals surface area contributed by atoms with Gasteiger partial charge in [0.2, 0.25) is 10.0 Å². The van der Waals surface area contributed by atoms with E-state index in [1.807, 2.05) is 19.9 Å². The van der Waals surface area contributed by atoms with E-state index in [4.69, 9.17) is 11.0 Å². The molecule has 5 nitrogen and oxygen atoms in total. The number of hydrogen-bond acceptors (Lipinski definition) is 4. The smallest absolute Gasteiger partial charge is 0.240 e. The van der Waals surface area contributed by atoms with Gasteiger partial charge in [-0.3, -0.25) is 0 Å². The zero-order valence-corrected chi connectivity index (χ0v) is 12.9. The SMILES string of the molecule is CCC(N)(CC)CNS(=O)(=O)c1cc(C#N)ccc1C. The predicted octanol–water partition coefficient (Wildman–Crippen LogP) is 1.66. The highest BCUT2D eigenvalue weighted by atomic mass is 32.2. The number of benzene rings is 1. The first-order valence-electron chi connectivity index (χ1n) is 6.57. The summed E-state index contributed by atoms with van der Waals surface area (Å²) in [5, 5.41) is 8.87. The molecule has 0 unspecified atom stereocenters. The summed E-state index contributed by atoms with van der Waals surface area (Å²) < 4.78 is 27.2. The lowest BCUT2D eigenvalue weighted by Crippen LogP contribution is -2.49. The predicted molar refractivity (Wildman–Crippen MR) is 78.6 cm³/mol. The molecule has 0 amide bonds. The standard InChI is InChI=1S/C14H21N3O2S/c1-4-14(16,5-2)10-17-20(18,19)13-8-12(9-15)7-6-11(13)3/h6-8,17H,4-5,10,16H2,1-3H3. The maximum absolute atomic E-state index is 12.3. The maximum atomic E-state index is 12.3. The Morgan fingerprint density at radius 3 is 2.45 bits per heavy atom. The Balaban J connectivity index is 3.04. The molecule has 0 heterocycles. The number of nitrogens with zero attached hydrogens (tertiary/aromatic N) is 1. The fourth-order valence-corrected chi connectivity index (χ4v) is 3.18. The molecule has 0 saturated carbocycles. The molecule has 0 atom stereocenters. The zero-order chi connectivity index (χ0) is 15.4. The minimum Gasteiger partial charge on any atom is -0.324 e. The number of nitrogens with two attached hydrogens (primary N) is 1. The maximum Gasteiger partial charge on any atom is 0.240 e. The minimum atomic E-state index is -3.66. The van der Waals surface area contributed by atoms with Crippen molar-refractivity contribution in [3.63, 3.8) is 0 Å². The Hall–Kier alpha value is -1.42. The number of nitrogens with one attached hydrogen (secondary N) is 1. The highest BCUT2D eigenvalue weighted by Crippen LogP contribution is 2.18. The van der Waals surface area contributed by atoms with Crippen LogP contribution in [0.2, 0.25) is 0 Å². The van der Waals surface area contributed by atoms with Gasteiger partial charge in [0.25, 0.3) is 0 Å². The zero-order valence-electron chi connectivity index (χ0n) is 12.1. The summed E-state index contributed by atoms with van der Waals surface area (Å²) in [7, 11) is -3.66. The van der Waals surface area contributed by atoms with Crippen molar-refractivity contribution in [2.75, 3.05) is 6.54 Å². The Morgan fingerprint density at radius 1 is 1.35 bits per heavy atom. The van der Waals surface area contributed by atoms with Crippen LogP contribution in [0.3, 0.4) is 0 Å². The average Bonchev–Trinajstić information content (AvgIpc) is 2.45. The molecule has 0 aromatic heterocycles. The molecule has 0 spiro atoms. The van der Waals surface area contributed by atoms with Crippen molar-refractivity contribution in [2.45, 2.75) is 44.0 Å². The summed E-state index contributed by atoms with van der Waals surface area (Å²) >= 11 is 0. The molecule has 0 radical (unpaired) electrons. The van der Waals surface area contributed by atoms with E-state index < -0.39 is 15.6 Å². The fraction of sp³-hybridized carbons (Fsp3) is 0.500. The van der Waals surface area contributed by atoms with E-state index in [0.717, 1.165) is 0 Å². The fourth-order valence-electron chi connectivity index (χ4n) is 1.78. The normalized spacial score (nSPS) is 12.2. The first kappa shape index (κ1) is 16.6. The Kier molecular flexibility index (Phi) is 5.28. The number of sulfonamides is 1. The average molecular weight is 295 g/mol. The van der Waals surface area contributed by atoms with Crippen LogP contribution in [0, 0.1) is 18.3 Å². The van der Waals surface area contributed by atoms with E-state index in [9.17, 15) is 8.42 Å². The van der Waals surface area contributed by atoms with Gasteiger partial charge in [0.1, 0.15) is 0 Å². The Bertz CT molecular complexity index is 614. The van der Waals surface area contributed by atoms with Gasteiger partial charge in [-0.15, -0.1) is 0 Å². The Labute approximate surface area is 120 Å². The molecule has 3 N–H and O–H groups in total. The summed E-state index contributed by atoms with van der Waals surface area (Å²) in [4.78, 5) is 0.131. The second kappa shape index (κ2) is 6.35. The first-order valence-corrected chi connectivity index (χ1v) is 8.05. The van der Waals surface area contributed by atoms with Crippen LogP contribution in [-0.2, 0) is 10.0 Å². The van der Waals surface area contributed by atoms with E-state index in [-0.39, 0.29) is 11.4 Å². The van der Waals surface area contributed by atoms with Crippen LogP contribution in [0.4, 0.5) is 0 Å². The lowest BCUT2D eigenvalue weighted by molar-refractivity contribution is 0.391. The first-order chi connectivity index (χ1) is 9.28. The molecule has 1 aromatic carbocycles. The van der Waals surface area contributed by atoms with Crippen molar-refractivity contribution in [3.05, 3.63) is 29.3 Å². The molecule has 110 valence electrons. The van der Waals surface area contributed by atoms with Crippen molar-refractivity contribution in [3.8, 4) is 6.07 Å². The van der Waals surface area contributed by atoms with Crippen LogP contribution in [0.25, 0.3) is 0 Å². The van der Waals surface area contributed by atoms with Crippen LogP contribution in [0.5, 0.6) is 0 Å². The van der Waals surface area contributed by atoms with Gasteiger partial charge < -0.3 is 5.73 Å². The van der Waals surface area contributed by atoms with Crippen molar-refractivity contribution in [1.29, 1.82) is 5.26 Å². The van der Waals surface area contributed by atoms with Crippen LogP contribution >= 0.6 is 0 Å². The second-order valence-corrected chi connectivity index (χ2v) is 6.72. The summed E-state index contributed by atoms with van der Waals surface area (Å²) in [5.74, 6) is 0. The third-order valence-electron chi connectivity index (χ3n) is 3.63. The quantitative estimate of drug-likeness (QED) is 0.834. The number of nitriles is 1. The summed E-state index contributed by atoms with van der Waals surface area (Å²) in [6.07, 6.45) is 1.37.